The van der Waals surface area contributed by atoms with E-state index in [4.69, 9.17) is 9.47 Å². The van der Waals surface area contributed by atoms with Gasteiger partial charge in [-0.25, -0.2) is 9.59 Å². The lowest BCUT2D eigenvalue weighted by Crippen LogP contribution is -2.54. The van der Waals surface area contributed by atoms with Crippen molar-refractivity contribution in [3.05, 3.63) is 117 Å². The molecule has 0 spiro atoms. The highest BCUT2D eigenvalue weighted by atomic mass is 28.3. The number of hydrogen-bond donors (Lipinski definition) is 4. The van der Waals surface area contributed by atoms with Gasteiger partial charge in [-0.3, -0.25) is 24.5 Å². The standard InChI is InChI=1S/C50H67N5O9Si/c1-11-65(12-2,13-3)47-38(29-40(44(56)50(8,9)10)53-49(60)64-31-35-22-18-15-19-23-35)37-25-24-36(27-39(37)52-47)28-42(55(61)62)46(58)51-41(26-32(4)5)45(57)54-43(33(6)7)48(59)63-30-34-20-16-14-17-21-34/h14-25,27-28,32-33,40-41,43,52H,11-13,26,29-31H2,1-10H3,(H,51,58)(H,53,60)(H,54,57)/b42-28+/t40-,41-,43-/m0/s1. The summed E-state index contributed by atoms with van der Waals surface area (Å²) in [6.45, 7) is 19.2. The van der Waals surface area contributed by atoms with Crippen molar-refractivity contribution in [2.45, 2.75) is 132 Å². The molecule has 0 bridgehead atoms. The van der Waals surface area contributed by atoms with Crippen molar-refractivity contribution < 1.29 is 38.4 Å². The fourth-order valence-electron chi connectivity index (χ4n) is 8.02. The Labute approximate surface area is 383 Å². The molecule has 0 unspecified atom stereocenters. The number of carbonyl (C=O) groups is 5. The molecule has 0 saturated heterocycles. The first kappa shape index (κ1) is 51.5. The fraction of sp³-hybridized carbons (Fsp3) is 0.460. The summed E-state index contributed by atoms with van der Waals surface area (Å²) in [6.07, 6.45) is 0.773. The Hall–Kier alpha value is -6.09. The number of rotatable bonds is 22. The van der Waals surface area contributed by atoms with Gasteiger partial charge in [-0.15, -0.1) is 0 Å². The molecule has 350 valence electrons. The Morgan fingerprint density at radius 3 is 1.86 bits per heavy atom. The summed E-state index contributed by atoms with van der Waals surface area (Å²) in [4.78, 5) is 83.4. The van der Waals surface area contributed by atoms with Gasteiger partial charge in [-0.2, -0.15) is 0 Å². The summed E-state index contributed by atoms with van der Waals surface area (Å²) >= 11 is 0. The van der Waals surface area contributed by atoms with Crippen LogP contribution < -0.4 is 21.3 Å². The molecular weight excluding hydrogens is 843 g/mol. The van der Waals surface area contributed by atoms with Crippen molar-refractivity contribution in [2.24, 2.45) is 17.3 Å². The van der Waals surface area contributed by atoms with Gasteiger partial charge in [-0.1, -0.05) is 160 Å². The molecule has 3 aromatic carbocycles. The van der Waals surface area contributed by atoms with Crippen LogP contribution in [0.5, 0.6) is 0 Å². The summed E-state index contributed by atoms with van der Waals surface area (Å²) < 4.78 is 11.1. The third-order valence-corrected chi connectivity index (χ3v) is 17.5. The first-order chi connectivity index (χ1) is 30.7. The Balaban J connectivity index is 1.67. The Kier molecular flexibility index (Phi) is 18.4. The second-order valence-corrected chi connectivity index (χ2v) is 23.6. The number of hydrogen-bond acceptors (Lipinski definition) is 9. The van der Waals surface area contributed by atoms with E-state index in [9.17, 15) is 34.1 Å². The number of H-pyrrole nitrogens is 1. The molecule has 0 aliphatic heterocycles. The van der Waals surface area contributed by atoms with Crippen LogP contribution in [0.4, 0.5) is 4.79 Å². The lowest BCUT2D eigenvalue weighted by molar-refractivity contribution is -0.417. The number of fused-ring (bicyclic) bond motifs is 1. The Bertz CT molecular complexity index is 2310. The number of carbonyl (C=O) groups excluding carboxylic acids is 5. The zero-order valence-electron chi connectivity index (χ0n) is 39.5. The molecule has 15 heteroatoms. The number of nitro groups is 1. The molecule has 4 aromatic rings. The number of Topliss-reactive ketones (excluding diaryl/α,β-unsaturated/α-hetero) is 1. The maximum Gasteiger partial charge on any atom is 0.408 e. The number of benzene rings is 3. The average Bonchev–Trinajstić information content (AvgIpc) is 3.63. The number of aromatic nitrogens is 1. The number of nitrogens with one attached hydrogen (secondary N) is 4. The molecular formula is C50H67N5O9Si. The van der Waals surface area contributed by atoms with Crippen molar-refractivity contribution in [1.82, 2.24) is 20.9 Å². The number of nitrogens with zero attached hydrogens (tertiary/aromatic N) is 1. The van der Waals surface area contributed by atoms with Crippen LogP contribution in [0.25, 0.3) is 17.0 Å². The molecule has 14 nitrogen and oxygen atoms in total. The van der Waals surface area contributed by atoms with Gasteiger partial charge in [-0.05, 0) is 46.6 Å². The largest absolute Gasteiger partial charge is 0.459 e. The molecule has 0 fully saturated rings. The smallest absolute Gasteiger partial charge is 0.408 e. The minimum Gasteiger partial charge on any atom is -0.459 e. The molecule has 1 heterocycles. The first-order valence-corrected chi connectivity index (χ1v) is 25.2. The highest BCUT2D eigenvalue weighted by Crippen LogP contribution is 2.30. The van der Waals surface area contributed by atoms with Crippen LogP contribution >= 0.6 is 0 Å². The third-order valence-electron chi connectivity index (χ3n) is 12.0. The molecule has 65 heavy (non-hydrogen) atoms. The van der Waals surface area contributed by atoms with Crippen LogP contribution in [-0.2, 0) is 48.3 Å². The Morgan fingerprint density at radius 2 is 1.35 bits per heavy atom. The van der Waals surface area contributed by atoms with Gasteiger partial charge in [0.05, 0.1) is 11.0 Å². The number of ketones is 1. The summed E-state index contributed by atoms with van der Waals surface area (Å²) in [5.74, 6) is -3.02. The molecule has 1 aromatic heterocycles. The van der Waals surface area contributed by atoms with Crippen molar-refractivity contribution in [3.63, 3.8) is 0 Å². The SMILES string of the molecule is CC[Si](CC)(CC)c1[nH]c2cc(/C=C(\C(=O)N[C@@H](CC(C)C)C(=O)N[C@H](C(=O)OCc3ccccc3)C(C)C)[N+](=O)[O-])ccc2c1C[C@H](NC(=O)OCc1ccccc1)C(=O)C(C)(C)C. The zero-order valence-corrected chi connectivity index (χ0v) is 40.5. The van der Waals surface area contributed by atoms with Crippen LogP contribution in [0.3, 0.4) is 0 Å². The molecule has 3 atom stereocenters. The van der Waals surface area contributed by atoms with E-state index in [1.165, 1.54) is 0 Å². The van der Waals surface area contributed by atoms with E-state index < -0.39 is 66.1 Å². The van der Waals surface area contributed by atoms with Gasteiger partial charge in [0.25, 0.3) is 0 Å². The fourth-order valence-corrected chi connectivity index (χ4v) is 11.9. The van der Waals surface area contributed by atoms with Gasteiger partial charge < -0.3 is 30.4 Å². The zero-order chi connectivity index (χ0) is 48.1. The van der Waals surface area contributed by atoms with Gasteiger partial charge in [0, 0.05) is 34.1 Å². The monoisotopic (exact) mass is 909 g/mol. The maximum absolute atomic E-state index is 14.1. The van der Waals surface area contributed by atoms with E-state index in [-0.39, 0.29) is 43.7 Å². The van der Waals surface area contributed by atoms with E-state index in [0.717, 1.165) is 51.6 Å². The molecule has 4 N–H and O–H groups in total. The minimum absolute atomic E-state index is 0.0120. The number of ether oxygens (including phenoxy) is 2. The first-order valence-electron chi connectivity index (χ1n) is 22.6. The molecule has 0 aliphatic carbocycles. The lowest BCUT2D eigenvalue weighted by atomic mass is 9.84. The van der Waals surface area contributed by atoms with Crippen LogP contribution in [0.2, 0.25) is 18.1 Å². The van der Waals surface area contributed by atoms with Crippen molar-refractivity contribution in [2.75, 3.05) is 0 Å². The number of aromatic amines is 1. The third kappa shape index (κ3) is 13.9. The molecule has 0 radical (unpaired) electrons. The highest BCUT2D eigenvalue weighted by Gasteiger charge is 2.38. The topological polar surface area (TPSA) is 199 Å². The molecule has 4 rings (SSSR count). The van der Waals surface area contributed by atoms with Crippen molar-refractivity contribution in [1.29, 1.82) is 0 Å². The summed E-state index contributed by atoms with van der Waals surface area (Å²) in [5.41, 5.74) is 1.90. The number of esters is 1. The second-order valence-electron chi connectivity index (χ2n) is 18.5. The summed E-state index contributed by atoms with van der Waals surface area (Å²) in [6, 6.07) is 23.1. The molecule has 0 saturated carbocycles. The lowest BCUT2D eigenvalue weighted by Gasteiger charge is -2.30. The van der Waals surface area contributed by atoms with E-state index in [1.54, 1.807) is 26.0 Å². The predicted molar refractivity (Wildman–Crippen MR) is 256 cm³/mol. The maximum atomic E-state index is 14.1. The van der Waals surface area contributed by atoms with E-state index >= 15 is 0 Å². The van der Waals surface area contributed by atoms with E-state index in [2.05, 4.69) is 41.7 Å². The molecule has 0 aliphatic rings. The van der Waals surface area contributed by atoms with Crippen LogP contribution in [0.1, 0.15) is 97.9 Å². The predicted octanol–water partition coefficient (Wildman–Crippen LogP) is 8.37. The van der Waals surface area contributed by atoms with Crippen LogP contribution in [0, 0.1) is 27.4 Å². The van der Waals surface area contributed by atoms with Crippen LogP contribution in [0.15, 0.2) is 84.6 Å². The second kappa shape index (κ2) is 23.2. The van der Waals surface area contributed by atoms with Gasteiger partial charge in [0.1, 0.15) is 33.4 Å². The number of alkyl carbamates (subject to hydrolysis) is 1. The Morgan fingerprint density at radius 1 is 0.785 bits per heavy atom. The average molecular weight is 910 g/mol. The summed E-state index contributed by atoms with van der Waals surface area (Å²) in [5, 5.41) is 22.5. The normalized spacial score (nSPS) is 13.5. The van der Waals surface area contributed by atoms with Crippen molar-refractivity contribution in [3.8, 4) is 0 Å². The van der Waals surface area contributed by atoms with Gasteiger partial charge >= 0.3 is 23.7 Å². The van der Waals surface area contributed by atoms with Gasteiger partial charge in [0.15, 0.2) is 5.78 Å². The van der Waals surface area contributed by atoms with Crippen molar-refractivity contribution >= 4 is 60.0 Å². The van der Waals surface area contributed by atoms with Crippen LogP contribution in [-0.4, -0.2) is 65.8 Å². The highest BCUT2D eigenvalue weighted by molar-refractivity contribution is 6.91. The quantitative estimate of drug-likeness (QED) is 0.0197. The number of amides is 3. The van der Waals surface area contributed by atoms with E-state index in [0.29, 0.717) is 11.1 Å². The van der Waals surface area contributed by atoms with E-state index in [1.807, 2.05) is 101 Å². The van der Waals surface area contributed by atoms with Gasteiger partial charge in [0.2, 0.25) is 5.91 Å². The molecule has 3 amide bonds. The summed E-state index contributed by atoms with van der Waals surface area (Å²) in [7, 11) is -2.21. The minimum atomic E-state index is -2.21.